The Balaban J connectivity index is 1.94. The fraction of sp³-hybridized carbons (Fsp3) is 0.321. The molecule has 1 atom stereocenters. The molecule has 8 heteroatoms. The van der Waals surface area contributed by atoms with Crippen molar-refractivity contribution in [2.24, 2.45) is 0 Å². The van der Waals surface area contributed by atoms with E-state index in [0.717, 1.165) is 11.1 Å². The number of carbonyl (C=O) groups excluding carboxylic acids is 1. The highest BCUT2D eigenvalue weighted by molar-refractivity contribution is 5.79. The van der Waals surface area contributed by atoms with Crippen LogP contribution in [0.2, 0.25) is 0 Å². The molecule has 0 aromatic heterocycles. The van der Waals surface area contributed by atoms with E-state index in [1.807, 2.05) is 60.7 Å². The van der Waals surface area contributed by atoms with Crippen LogP contribution in [0.1, 0.15) is 28.9 Å². The van der Waals surface area contributed by atoms with Crippen molar-refractivity contribution in [3.05, 3.63) is 89.5 Å². The van der Waals surface area contributed by atoms with Crippen molar-refractivity contribution in [2.75, 3.05) is 47.8 Å². The number of hydrogen-bond acceptors (Lipinski definition) is 8. The van der Waals surface area contributed by atoms with Crippen LogP contribution in [-0.2, 0) is 19.0 Å². The molecule has 0 bridgehead atoms. The predicted octanol–water partition coefficient (Wildman–Crippen LogP) is 4.11. The lowest BCUT2D eigenvalue weighted by atomic mass is 10.0. The third-order valence-electron chi connectivity index (χ3n) is 5.35. The lowest BCUT2D eigenvalue weighted by molar-refractivity contribution is -0.158. The number of rotatable bonds is 14. The molecule has 192 valence electrons. The first-order valence-corrected chi connectivity index (χ1v) is 11.5. The van der Waals surface area contributed by atoms with Gasteiger partial charge in [-0.25, -0.2) is 4.79 Å². The monoisotopic (exact) mass is 496 g/mol. The summed E-state index contributed by atoms with van der Waals surface area (Å²) in [6.07, 6.45) is -2.35. The van der Waals surface area contributed by atoms with Crippen molar-refractivity contribution in [1.82, 2.24) is 0 Å². The highest BCUT2D eigenvalue weighted by atomic mass is 16.6. The van der Waals surface area contributed by atoms with Gasteiger partial charge in [0, 0.05) is 19.8 Å². The summed E-state index contributed by atoms with van der Waals surface area (Å²) in [5, 5.41) is 11.1. The van der Waals surface area contributed by atoms with E-state index in [-0.39, 0.29) is 30.3 Å². The molecule has 0 aliphatic heterocycles. The summed E-state index contributed by atoms with van der Waals surface area (Å²) in [4.78, 5) is 13.3. The number of aliphatic hydroxyl groups is 1. The Morgan fingerprint density at radius 2 is 1.25 bits per heavy atom. The zero-order valence-electron chi connectivity index (χ0n) is 20.7. The molecule has 3 aromatic carbocycles. The first-order chi connectivity index (χ1) is 17.6. The average Bonchev–Trinajstić information content (AvgIpc) is 2.92. The molecular formula is C28H32O8. The van der Waals surface area contributed by atoms with E-state index in [4.69, 9.17) is 28.4 Å². The number of esters is 1. The summed E-state index contributed by atoms with van der Waals surface area (Å²) in [6.45, 7) is 0.988. The fourth-order valence-corrected chi connectivity index (χ4v) is 3.57. The van der Waals surface area contributed by atoms with Crippen molar-refractivity contribution in [3.8, 4) is 17.2 Å². The van der Waals surface area contributed by atoms with Gasteiger partial charge in [0.05, 0.1) is 20.3 Å². The van der Waals surface area contributed by atoms with Gasteiger partial charge in [-0.3, -0.25) is 0 Å². The van der Waals surface area contributed by atoms with Crippen LogP contribution in [-0.4, -0.2) is 58.8 Å². The van der Waals surface area contributed by atoms with Gasteiger partial charge >= 0.3 is 5.97 Å². The second kappa shape index (κ2) is 14.1. The van der Waals surface area contributed by atoms with Crippen molar-refractivity contribution in [2.45, 2.75) is 12.2 Å². The lowest BCUT2D eigenvalue weighted by Gasteiger charge is -2.23. The predicted molar refractivity (Wildman–Crippen MR) is 134 cm³/mol. The van der Waals surface area contributed by atoms with Crippen LogP contribution in [0.5, 0.6) is 17.2 Å². The van der Waals surface area contributed by atoms with Crippen molar-refractivity contribution >= 4 is 5.97 Å². The molecule has 3 aromatic rings. The first-order valence-electron chi connectivity index (χ1n) is 11.5. The van der Waals surface area contributed by atoms with Gasteiger partial charge in [-0.1, -0.05) is 60.7 Å². The maximum atomic E-state index is 13.3. The minimum atomic E-state index is -1.65. The van der Waals surface area contributed by atoms with Crippen LogP contribution in [0.4, 0.5) is 0 Å². The molecular weight excluding hydrogens is 464 g/mol. The van der Waals surface area contributed by atoms with Gasteiger partial charge in [-0.2, -0.15) is 0 Å². The van der Waals surface area contributed by atoms with Crippen LogP contribution in [0.25, 0.3) is 0 Å². The zero-order chi connectivity index (χ0) is 25.8. The van der Waals surface area contributed by atoms with E-state index in [1.54, 1.807) is 26.4 Å². The number of aliphatic hydroxyl groups excluding tert-OH is 1. The topological polar surface area (TPSA) is 92.7 Å². The van der Waals surface area contributed by atoms with E-state index in [0.29, 0.717) is 19.0 Å². The molecule has 0 radical (unpaired) electrons. The SMILES string of the molecule is COCCOc1c(OC)ccc(C(O)C(=O)OC(c2ccccc2)c2ccccc2)c1OCCOC. The lowest BCUT2D eigenvalue weighted by Crippen LogP contribution is -2.21. The second-order valence-corrected chi connectivity index (χ2v) is 7.74. The highest BCUT2D eigenvalue weighted by Gasteiger charge is 2.30. The maximum Gasteiger partial charge on any atom is 0.340 e. The molecule has 0 saturated heterocycles. The quantitative estimate of drug-likeness (QED) is 0.263. The molecule has 0 fully saturated rings. The molecule has 1 N–H and O–H groups in total. The van der Waals surface area contributed by atoms with Gasteiger partial charge in [0.25, 0.3) is 0 Å². The molecule has 3 rings (SSSR count). The number of ether oxygens (including phenoxy) is 6. The molecule has 8 nitrogen and oxygen atoms in total. The van der Waals surface area contributed by atoms with Crippen LogP contribution in [0, 0.1) is 0 Å². The Bertz CT molecular complexity index is 1030. The number of carbonyl (C=O) groups is 1. The third kappa shape index (κ3) is 6.97. The molecule has 0 heterocycles. The molecule has 0 aliphatic rings. The van der Waals surface area contributed by atoms with Gasteiger partial charge in [0.1, 0.15) is 13.2 Å². The standard InChI is InChI=1S/C28H32O8/c1-31-16-18-34-26-22(14-15-23(33-3)27(26)35-19-17-32-2)24(29)28(30)36-25(20-10-6-4-7-11-20)21-12-8-5-9-13-21/h4-15,24-25,29H,16-19H2,1-3H3. The molecule has 0 saturated carbocycles. The normalized spacial score (nSPS) is 11.7. The van der Waals surface area contributed by atoms with Crippen LogP contribution in [0.15, 0.2) is 72.8 Å². The number of methoxy groups -OCH3 is 3. The molecule has 0 amide bonds. The largest absolute Gasteiger partial charge is 0.493 e. The Morgan fingerprint density at radius 1 is 0.722 bits per heavy atom. The fourth-order valence-electron chi connectivity index (χ4n) is 3.57. The van der Waals surface area contributed by atoms with Gasteiger partial charge in [0.2, 0.25) is 5.75 Å². The Morgan fingerprint density at radius 3 is 1.75 bits per heavy atom. The summed E-state index contributed by atoms with van der Waals surface area (Å²) in [7, 11) is 4.60. The third-order valence-corrected chi connectivity index (χ3v) is 5.35. The summed E-state index contributed by atoms with van der Waals surface area (Å²) < 4.78 is 33.2. The first kappa shape index (κ1) is 27.0. The van der Waals surface area contributed by atoms with Crippen molar-refractivity contribution < 1.29 is 38.3 Å². The van der Waals surface area contributed by atoms with E-state index < -0.39 is 18.2 Å². The summed E-state index contributed by atoms with van der Waals surface area (Å²) >= 11 is 0. The maximum absolute atomic E-state index is 13.3. The minimum Gasteiger partial charge on any atom is -0.493 e. The molecule has 36 heavy (non-hydrogen) atoms. The van der Waals surface area contributed by atoms with Gasteiger partial charge in [0.15, 0.2) is 23.7 Å². The number of benzene rings is 3. The van der Waals surface area contributed by atoms with Crippen molar-refractivity contribution in [3.63, 3.8) is 0 Å². The molecule has 0 spiro atoms. The Hall–Kier alpha value is -3.59. The summed E-state index contributed by atoms with van der Waals surface area (Å²) in [5.74, 6) is -0.0350. The van der Waals surface area contributed by atoms with E-state index in [9.17, 15) is 9.90 Å². The average molecular weight is 497 g/mol. The number of hydrogen-bond donors (Lipinski definition) is 1. The summed E-state index contributed by atoms with van der Waals surface area (Å²) in [5.41, 5.74) is 1.74. The van der Waals surface area contributed by atoms with Gasteiger partial charge in [-0.15, -0.1) is 0 Å². The van der Waals surface area contributed by atoms with Gasteiger partial charge < -0.3 is 33.5 Å². The van der Waals surface area contributed by atoms with E-state index in [2.05, 4.69) is 0 Å². The Kier molecular flexibility index (Phi) is 10.6. The second-order valence-electron chi connectivity index (χ2n) is 7.74. The van der Waals surface area contributed by atoms with E-state index >= 15 is 0 Å². The summed E-state index contributed by atoms with van der Waals surface area (Å²) in [6, 6.07) is 21.8. The van der Waals surface area contributed by atoms with Crippen LogP contribution in [0.3, 0.4) is 0 Å². The van der Waals surface area contributed by atoms with Crippen LogP contribution < -0.4 is 14.2 Å². The zero-order valence-corrected chi connectivity index (χ0v) is 20.7. The highest BCUT2D eigenvalue weighted by Crippen LogP contribution is 2.43. The van der Waals surface area contributed by atoms with Gasteiger partial charge in [-0.05, 0) is 23.3 Å². The van der Waals surface area contributed by atoms with E-state index in [1.165, 1.54) is 7.11 Å². The minimum absolute atomic E-state index is 0.162. The molecule has 1 unspecified atom stereocenters. The smallest absolute Gasteiger partial charge is 0.340 e. The molecule has 0 aliphatic carbocycles. The van der Waals surface area contributed by atoms with Crippen molar-refractivity contribution in [1.29, 1.82) is 0 Å². The van der Waals surface area contributed by atoms with Crippen LogP contribution >= 0.6 is 0 Å². The Labute approximate surface area is 211 Å².